The highest BCUT2D eigenvalue weighted by Gasteiger charge is 2.15. The molecule has 2 rings (SSSR count). The summed E-state index contributed by atoms with van der Waals surface area (Å²) < 4.78 is 23.1. The van der Waals surface area contributed by atoms with Crippen LogP contribution in [-0.4, -0.2) is 20.6 Å². The van der Waals surface area contributed by atoms with E-state index in [-0.39, 0.29) is 23.3 Å². The average Bonchev–Trinajstić information content (AvgIpc) is 2.58. The molecule has 0 aromatic heterocycles. The average molecular weight is 414 g/mol. The molecule has 0 fully saturated rings. The second-order valence-corrected chi connectivity index (χ2v) is 8.90. The van der Waals surface area contributed by atoms with Crippen molar-refractivity contribution in [3.63, 3.8) is 0 Å². The van der Waals surface area contributed by atoms with Gasteiger partial charge in [0.05, 0.1) is 10.9 Å². The maximum absolute atomic E-state index is 12.3. The van der Waals surface area contributed by atoms with E-state index in [9.17, 15) is 13.2 Å². The summed E-state index contributed by atoms with van der Waals surface area (Å²) in [5.41, 5.74) is 1.63. The maximum Gasteiger partial charge on any atom is 0.220 e. The van der Waals surface area contributed by atoms with Crippen LogP contribution in [0, 0.1) is 0 Å². The molecule has 2 aromatic carbocycles. The molecule has 0 radical (unpaired) electrons. The molecule has 0 saturated heterocycles. The van der Waals surface area contributed by atoms with Crippen LogP contribution in [-0.2, 0) is 21.1 Å². The molecular weight excluding hydrogens is 393 g/mol. The zero-order valence-electron chi connectivity index (χ0n) is 14.6. The summed E-state index contributed by atoms with van der Waals surface area (Å²) in [6, 6.07) is 11.7. The highest BCUT2D eigenvalue weighted by Crippen LogP contribution is 2.26. The highest BCUT2D eigenvalue weighted by atomic mass is 35.5. The molecular formula is C19H21Cl2NO3S. The number of hydrogen-bond donors (Lipinski definition) is 1. The SMILES string of the molecule is CC[C@H](NC(=O)CCc1c(Cl)cccc1Cl)c1ccc(S(C)(=O)=O)cc1. The molecule has 4 nitrogen and oxygen atoms in total. The fourth-order valence-corrected chi connectivity index (χ4v) is 3.86. The fraction of sp³-hybridized carbons (Fsp3) is 0.316. The van der Waals surface area contributed by atoms with Gasteiger partial charge in [-0.15, -0.1) is 0 Å². The zero-order valence-corrected chi connectivity index (χ0v) is 17.0. The smallest absolute Gasteiger partial charge is 0.220 e. The van der Waals surface area contributed by atoms with E-state index in [1.165, 1.54) is 6.26 Å². The molecule has 1 atom stereocenters. The Bertz CT molecular complexity index is 860. The van der Waals surface area contributed by atoms with Crippen LogP contribution in [0.3, 0.4) is 0 Å². The Morgan fingerprint density at radius 1 is 1.08 bits per heavy atom. The van der Waals surface area contributed by atoms with Crippen LogP contribution in [0.25, 0.3) is 0 Å². The lowest BCUT2D eigenvalue weighted by atomic mass is 10.0. The van der Waals surface area contributed by atoms with Gasteiger partial charge >= 0.3 is 0 Å². The molecule has 0 spiro atoms. The van der Waals surface area contributed by atoms with Crippen molar-refractivity contribution in [3.8, 4) is 0 Å². The van der Waals surface area contributed by atoms with Gasteiger partial charge in [-0.3, -0.25) is 4.79 Å². The Labute approximate surface area is 164 Å². The Morgan fingerprint density at radius 3 is 2.15 bits per heavy atom. The van der Waals surface area contributed by atoms with Crippen LogP contribution in [0.2, 0.25) is 10.0 Å². The van der Waals surface area contributed by atoms with E-state index in [1.807, 2.05) is 6.92 Å². The number of sulfone groups is 1. The normalized spacial score (nSPS) is 12.6. The number of halogens is 2. The van der Waals surface area contributed by atoms with E-state index in [1.54, 1.807) is 42.5 Å². The van der Waals surface area contributed by atoms with Crippen LogP contribution in [0.15, 0.2) is 47.4 Å². The molecule has 140 valence electrons. The van der Waals surface area contributed by atoms with Gasteiger partial charge in [0, 0.05) is 22.7 Å². The number of carbonyl (C=O) groups is 1. The number of amides is 1. The predicted octanol–water partition coefficient (Wildman–Crippen LogP) is 4.60. The van der Waals surface area contributed by atoms with Crippen LogP contribution in [0.5, 0.6) is 0 Å². The van der Waals surface area contributed by atoms with Crippen molar-refractivity contribution >= 4 is 38.9 Å². The molecule has 0 aliphatic carbocycles. The summed E-state index contributed by atoms with van der Waals surface area (Å²) in [4.78, 5) is 12.6. The molecule has 26 heavy (non-hydrogen) atoms. The minimum absolute atomic E-state index is 0.111. The first kappa shape index (κ1) is 20.7. The second kappa shape index (κ2) is 8.89. The van der Waals surface area contributed by atoms with Crippen LogP contribution in [0.1, 0.15) is 36.9 Å². The van der Waals surface area contributed by atoms with Gasteiger partial charge in [-0.2, -0.15) is 0 Å². The lowest BCUT2D eigenvalue weighted by molar-refractivity contribution is -0.121. The third-order valence-corrected chi connectivity index (χ3v) is 5.95. The Hall–Kier alpha value is -1.56. The minimum atomic E-state index is -3.23. The molecule has 1 N–H and O–H groups in total. The number of carbonyl (C=O) groups excluding carboxylic acids is 1. The predicted molar refractivity (Wildman–Crippen MR) is 106 cm³/mol. The number of benzene rings is 2. The lowest BCUT2D eigenvalue weighted by Crippen LogP contribution is -2.28. The standard InChI is InChI=1S/C19H21Cl2NO3S/c1-3-18(13-7-9-14(10-8-13)26(2,24)25)22-19(23)12-11-15-16(20)5-4-6-17(15)21/h4-10,18H,3,11-12H2,1-2H3,(H,22,23)/t18-/m0/s1. The van der Waals surface area contributed by atoms with Crippen LogP contribution < -0.4 is 5.32 Å². The topological polar surface area (TPSA) is 63.2 Å². The first-order valence-corrected chi connectivity index (χ1v) is 10.9. The van der Waals surface area contributed by atoms with Gasteiger partial charge in [-0.25, -0.2) is 8.42 Å². The first-order chi connectivity index (χ1) is 12.2. The van der Waals surface area contributed by atoms with Crippen molar-refractivity contribution in [3.05, 3.63) is 63.6 Å². The van der Waals surface area contributed by atoms with E-state index >= 15 is 0 Å². The molecule has 0 heterocycles. The van der Waals surface area contributed by atoms with E-state index in [0.29, 0.717) is 22.9 Å². The van der Waals surface area contributed by atoms with Gasteiger partial charge in [0.2, 0.25) is 5.91 Å². The third kappa shape index (κ3) is 5.47. The summed E-state index contributed by atoms with van der Waals surface area (Å²) in [7, 11) is -3.23. The Morgan fingerprint density at radius 2 is 1.65 bits per heavy atom. The van der Waals surface area contributed by atoms with Crippen LogP contribution in [0.4, 0.5) is 0 Å². The van der Waals surface area contributed by atoms with Gasteiger partial charge in [-0.1, -0.05) is 48.3 Å². The van der Waals surface area contributed by atoms with Gasteiger partial charge in [-0.05, 0) is 48.2 Å². The number of nitrogens with one attached hydrogen (secondary N) is 1. The Balaban J connectivity index is 2.02. The van der Waals surface area contributed by atoms with E-state index in [2.05, 4.69) is 5.32 Å². The molecule has 0 aliphatic rings. The molecule has 0 saturated carbocycles. The summed E-state index contributed by atoms with van der Waals surface area (Å²) in [6.07, 6.45) is 2.58. The van der Waals surface area contributed by atoms with E-state index in [4.69, 9.17) is 23.2 Å². The quantitative estimate of drug-likeness (QED) is 0.721. The molecule has 1 amide bonds. The van der Waals surface area contributed by atoms with Crippen molar-refractivity contribution in [1.82, 2.24) is 5.32 Å². The highest BCUT2D eigenvalue weighted by molar-refractivity contribution is 7.90. The zero-order chi connectivity index (χ0) is 19.3. The van der Waals surface area contributed by atoms with Gasteiger partial charge in [0.1, 0.15) is 0 Å². The molecule has 2 aromatic rings. The molecule has 0 bridgehead atoms. The first-order valence-electron chi connectivity index (χ1n) is 8.24. The maximum atomic E-state index is 12.3. The largest absolute Gasteiger partial charge is 0.349 e. The molecule has 0 unspecified atom stereocenters. The van der Waals surface area contributed by atoms with Crippen molar-refractivity contribution in [2.75, 3.05) is 6.26 Å². The van der Waals surface area contributed by atoms with E-state index in [0.717, 1.165) is 11.1 Å². The summed E-state index contributed by atoms with van der Waals surface area (Å²) in [5.74, 6) is -0.111. The van der Waals surface area contributed by atoms with Gasteiger partial charge in [0.15, 0.2) is 9.84 Å². The van der Waals surface area contributed by atoms with Gasteiger partial charge < -0.3 is 5.32 Å². The van der Waals surface area contributed by atoms with E-state index < -0.39 is 9.84 Å². The van der Waals surface area contributed by atoms with Crippen molar-refractivity contribution < 1.29 is 13.2 Å². The fourth-order valence-electron chi connectivity index (χ4n) is 2.64. The van der Waals surface area contributed by atoms with Gasteiger partial charge in [0.25, 0.3) is 0 Å². The van der Waals surface area contributed by atoms with Crippen LogP contribution >= 0.6 is 23.2 Å². The molecule has 7 heteroatoms. The molecule has 0 aliphatic heterocycles. The van der Waals surface area contributed by atoms with Crippen molar-refractivity contribution in [2.45, 2.75) is 37.1 Å². The monoisotopic (exact) mass is 413 g/mol. The van der Waals surface area contributed by atoms with Crippen molar-refractivity contribution in [1.29, 1.82) is 0 Å². The summed E-state index contributed by atoms with van der Waals surface area (Å²) >= 11 is 12.3. The number of hydrogen-bond acceptors (Lipinski definition) is 3. The Kier molecular flexibility index (Phi) is 7.09. The second-order valence-electron chi connectivity index (χ2n) is 6.07. The summed E-state index contributed by atoms with van der Waals surface area (Å²) in [6.45, 7) is 1.96. The summed E-state index contributed by atoms with van der Waals surface area (Å²) in [5, 5.41) is 4.08. The lowest BCUT2D eigenvalue weighted by Gasteiger charge is -2.18. The third-order valence-electron chi connectivity index (χ3n) is 4.12. The van der Waals surface area contributed by atoms with Crippen molar-refractivity contribution in [2.24, 2.45) is 0 Å². The minimum Gasteiger partial charge on any atom is -0.349 e. The number of rotatable bonds is 7.